The Morgan fingerprint density at radius 2 is 2.25 bits per heavy atom. The molecule has 1 fully saturated rings. The first-order chi connectivity index (χ1) is 9.54. The fourth-order valence-electron chi connectivity index (χ4n) is 2.49. The second-order valence-corrected chi connectivity index (χ2v) is 6.40. The first-order valence-electron chi connectivity index (χ1n) is 7.32. The van der Waals surface area contributed by atoms with Gasteiger partial charge in [0.05, 0.1) is 12.2 Å². The van der Waals surface area contributed by atoms with Crippen molar-refractivity contribution >= 4 is 11.6 Å². The van der Waals surface area contributed by atoms with E-state index in [2.05, 4.69) is 18.7 Å². The first kappa shape index (κ1) is 15.8. The van der Waals surface area contributed by atoms with Gasteiger partial charge in [0, 0.05) is 31.3 Å². The van der Waals surface area contributed by atoms with Crippen LogP contribution in [-0.2, 0) is 4.74 Å². The minimum atomic E-state index is -0.488. The third kappa shape index (κ3) is 4.74. The average Bonchev–Trinajstić information content (AvgIpc) is 2.84. The number of aliphatic hydroxyl groups excluding tert-OH is 1. The lowest BCUT2D eigenvalue weighted by Gasteiger charge is -2.20. The number of nitrogens with zero attached hydrogens (tertiary/aromatic N) is 1. The molecule has 112 valence electrons. The molecule has 20 heavy (non-hydrogen) atoms. The Morgan fingerprint density at radius 3 is 2.95 bits per heavy atom. The molecule has 0 aromatic heterocycles. The van der Waals surface area contributed by atoms with E-state index in [1.165, 1.54) is 0 Å². The van der Waals surface area contributed by atoms with Gasteiger partial charge in [0.25, 0.3) is 0 Å². The summed E-state index contributed by atoms with van der Waals surface area (Å²) in [6.45, 7) is 7.67. The lowest BCUT2D eigenvalue weighted by Crippen LogP contribution is -2.28. The maximum Gasteiger partial charge on any atom is 0.0917 e. The van der Waals surface area contributed by atoms with Crippen molar-refractivity contribution in [3.63, 3.8) is 0 Å². The van der Waals surface area contributed by atoms with E-state index in [-0.39, 0.29) is 0 Å². The lowest BCUT2D eigenvalue weighted by molar-refractivity contribution is 0.0373. The number of likely N-dealkylation sites (tertiary alicyclic amines) is 1. The second-order valence-electron chi connectivity index (χ2n) is 5.97. The predicted octanol–water partition coefficient (Wildman–Crippen LogP) is 3.12. The van der Waals surface area contributed by atoms with Crippen LogP contribution < -0.4 is 0 Å². The zero-order chi connectivity index (χ0) is 14.5. The van der Waals surface area contributed by atoms with Gasteiger partial charge in [-0.15, -0.1) is 0 Å². The lowest BCUT2D eigenvalue weighted by atomic mass is 10.1. The first-order valence-corrected chi connectivity index (χ1v) is 7.70. The molecule has 0 aliphatic carbocycles. The molecule has 0 saturated carbocycles. The third-order valence-corrected chi connectivity index (χ3v) is 3.79. The number of benzene rings is 1. The molecule has 0 bridgehead atoms. The minimum Gasteiger partial charge on any atom is -0.387 e. The van der Waals surface area contributed by atoms with Gasteiger partial charge in [-0.25, -0.2) is 0 Å². The van der Waals surface area contributed by atoms with Gasteiger partial charge in [-0.3, -0.25) is 4.90 Å². The summed E-state index contributed by atoms with van der Waals surface area (Å²) in [4.78, 5) is 2.26. The van der Waals surface area contributed by atoms with Crippen molar-refractivity contribution in [1.82, 2.24) is 4.90 Å². The van der Waals surface area contributed by atoms with Crippen molar-refractivity contribution in [3.8, 4) is 0 Å². The van der Waals surface area contributed by atoms with Gasteiger partial charge < -0.3 is 9.84 Å². The molecule has 0 radical (unpaired) electrons. The zero-order valence-electron chi connectivity index (χ0n) is 12.3. The fourth-order valence-corrected chi connectivity index (χ4v) is 2.69. The van der Waals surface area contributed by atoms with Gasteiger partial charge in [0.2, 0.25) is 0 Å². The summed E-state index contributed by atoms with van der Waals surface area (Å²) in [7, 11) is 0. The number of hydrogen-bond donors (Lipinski definition) is 1. The third-order valence-electron chi connectivity index (χ3n) is 3.56. The van der Waals surface area contributed by atoms with Gasteiger partial charge in [-0.2, -0.15) is 0 Å². The van der Waals surface area contributed by atoms with Gasteiger partial charge in [0.1, 0.15) is 0 Å². The number of β-amino-alcohol motifs (C(OH)–C–C–N with tert-alkyl or cyclic N) is 1. The van der Waals surface area contributed by atoms with E-state index in [1.807, 2.05) is 24.3 Å². The summed E-state index contributed by atoms with van der Waals surface area (Å²) in [6.07, 6.45) is 0.871. The molecule has 1 aliphatic rings. The molecule has 1 aromatic carbocycles. The van der Waals surface area contributed by atoms with Crippen LogP contribution in [0.5, 0.6) is 0 Å². The number of rotatable bonds is 6. The predicted molar refractivity (Wildman–Crippen MR) is 82.0 cm³/mol. The van der Waals surface area contributed by atoms with Crippen LogP contribution in [0.2, 0.25) is 5.02 Å². The second kappa shape index (κ2) is 7.41. The van der Waals surface area contributed by atoms with Crippen molar-refractivity contribution in [1.29, 1.82) is 0 Å². The Labute approximate surface area is 126 Å². The highest BCUT2D eigenvalue weighted by Crippen LogP contribution is 2.21. The highest BCUT2D eigenvalue weighted by Gasteiger charge is 2.25. The number of hydrogen-bond acceptors (Lipinski definition) is 3. The molecule has 3 nitrogen and oxygen atoms in total. The summed E-state index contributed by atoms with van der Waals surface area (Å²) in [5.74, 6) is 0.570. The Morgan fingerprint density at radius 1 is 1.45 bits per heavy atom. The highest BCUT2D eigenvalue weighted by atomic mass is 35.5. The number of aliphatic hydroxyl groups is 1. The van der Waals surface area contributed by atoms with Crippen LogP contribution in [0.15, 0.2) is 24.3 Å². The van der Waals surface area contributed by atoms with E-state index in [1.54, 1.807) is 0 Å². The van der Waals surface area contributed by atoms with Crippen molar-refractivity contribution in [3.05, 3.63) is 34.9 Å². The standard InChI is InChI=1S/C16H24ClNO2/c1-12(2)11-20-15-6-7-18(9-15)10-16(19)13-4-3-5-14(17)8-13/h3-5,8,12,15-16,19H,6-7,9-11H2,1-2H3. The van der Waals surface area contributed by atoms with Crippen LogP contribution in [-0.4, -0.2) is 42.4 Å². The Kier molecular flexibility index (Phi) is 5.85. The van der Waals surface area contributed by atoms with E-state index in [9.17, 15) is 5.11 Å². The van der Waals surface area contributed by atoms with Crippen LogP contribution in [0, 0.1) is 5.92 Å². The van der Waals surface area contributed by atoms with Crippen LogP contribution >= 0.6 is 11.6 Å². The SMILES string of the molecule is CC(C)COC1CCN(CC(O)c2cccc(Cl)c2)C1. The van der Waals surface area contributed by atoms with E-state index in [4.69, 9.17) is 16.3 Å². The van der Waals surface area contributed by atoms with Gasteiger partial charge in [0.15, 0.2) is 0 Å². The van der Waals surface area contributed by atoms with Crippen LogP contribution in [0.4, 0.5) is 0 Å². The van der Waals surface area contributed by atoms with E-state index in [0.29, 0.717) is 23.6 Å². The summed E-state index contributed by atoms with van der Waals surface area (Å²) in [5.41, 5.74) is 0.879. The maximum absolute atomic E-state index is 10.3. The molecule has 1 N–H and O–H groups in total. The topological polar surface area (TPSA) is 32.7 Å². The van der Waals surface area contributed by atoms with E-state index in [0.717, 1.165) is 31.7 Å². The molecular weight excluding hydrogens is 274 g/mol. The molecule has 1 saturated heterocycles. The molecule has 1 aromatic rings. The molecule has 0 amide bonds. The van der Waals surface area contributed by atoms with Crippen molar-refractivity contribution < 1.29 is 9.84 Å². The normalized spacial score (nSPS) is 21.6. The Hall–Kier alpha value is -0.610. The average molecular weight is 298 g/mol. The van der Waals surface area contributed by atoms with E-state index >= 15 is 0 Å². The molecule has 1 heterocycles. The smallest absolute Gasteiger partial charge is 0.0917 e. The molecular formula is C16H24ClNO2. The Balaban J connectivity index is 1.80. The van der Waals surface area contributed by atoms with Crippen LogP contribution in [0.3, 0.4) is 0 Å². The summed E-state index contributed by atoms with van der Waals surface area (Å²) < 4.78 is 5.86. The van der Waals surface area contributed by atoms with E-state index < -0.39 is 6.10 Å². The molecule has 2 atom stereocenters. The molecule has 1 aliphatic heterocycles. The fraction of sp³-hybridized carbons (Fsp3) is 0.625. The van der Waals surface area contributed by atoms with Gasteiger partial charge >= 0.3 is 0 Å². The van der Waals surface area contributed by atoms with Crippen molar-refractivity contribution in [2.75, 3.05) is 26.2 Å². The summed E-state index contributed by atoms with van der Waals surface area (Å²) in [5, 5.41) is 10.9. The summed E-state index contributed by atoms with van der Waals surface area (Å²) >= 11 is 5.95. The van der Waals surface area contributed by atoms with Crippen LogP contribution in [0.1, 0.15) is 31.9 Å². The molecule has 2 unspecified atom stereocenters. The molecule has 2 rings (SSSR count). The molecule has 4 heteroatoms. The molecule has 0 spiro atoms. The number of ether oxygens (including phenoxy) is 1. The van der Waals surface area contributed by atoms with Crippen molar-refractivity contribution in [2.45, 2.75) is 32.5 Å². The zero-order valence-corrected chi connectivity index (χ0v) is 13.0. The quantitative estimate of drug-likeness (QED) is 0.876. The van der Waals surface area contributed by atoms with Gasteiger partial charge in [-0.1, -0.05) is 37.6 Å². The number of halogens is 1. The minimum absolute atomic E-state index is 0.309. The largest absolute Gasteiger partial charge is 0.387 e. The highest BCUT2D eigenvalue weighted by molar-refractivity contribution is 6.30. The van der Waals surface area contributed by atoms with Crippen molar-refractivity contribution in [2.24, 2.45) is 5.92 Å². The monoisotopic (exact) mass is 297 g/mol. The van der Waals surface area contributed by atoms with Crippen LogP contribution in [0.25, 0.3) is 0 Å². The summed E-state index contributed by atoms with van der Waals surface area (Å²) in [6, 6.07) is 7.44. The Bertz CT molecular complexity index is 425. The maximum atomic E-state index is 10.3. The van der Waals surface area contributed by atoms with Gasteiger partial charge in [-0.05, 0) is 30.0 Å².